The molecule has 0 aliphatic rings. The number of anilines is 1. The number of carbonyl (C=O) groups excluding carboxylic acids is 2. The van der Waals surface area contributed by atoms with Gasteiger partial charge < -0.3 is 15.2 Å². The quantitative estimate of drug-likeness (QED) is 0.650. The minimum absolute atomic E-state index is 0.168. The molecule has 0 bridgehead atoms. The Morgan fingerprint density at radius 1 is 1.12 bits per heavy atom. The SMILES string of the molecule is CC(C)OC(=O)c1cccc(NC(=O)/C=C/c2ccc(O)cc2)c1. The van der Waals surface area contributed by atoms with Gasteiger partial charge in [0.25, 0.3) is 0 Å². The summed E-state index contributed by atoms with van der Waals surface area (Å²) in [4.78, 5) is 23.8. The summed E-state index contributed by atoms with van der Waals surface area (Å²) in [6, 6.07) is 13.0. The second kappa shape index (κ2) is 7.97. The molecule has 2 rings (SSSR count). The third kappa shape index (κ3) is 5.28. The van der Waals surface area contributed by atoms with Crippen LogP contribution in [0.4, 0.5) is 5.69 Å². The van der Waals surface area contributed by atoms with Crippen molar-refractivity contribution in [2.45, 2.75) is 20.0 Å². The molecule has 5 heteroatoms. The first-order valence-corrected chi connectivity index (χ1v) is 7.53. The molecule has 0 aromatic heterocycles. The minimum atomic E-state index is -0.430. The van der Waals surface area contributed by atoms with Gasteiger partial charge in [-0.2, -0.15) is 0 Å². The highest BCUT2D eigenvalue weighted by atomic mass is 16.5. The second-order valence-electron chi connectivity index (χ2n) is 5.45. The average Bonchev–Trinajstić information content (AvgIpc) is 2.54. The standard InChI is InChI=1S/C19H19NO4/c1-13(2)24-19(23)15-4-3-5-16(12-15)20-18(22)11-8-14-6-9-17(21)10-7-14/h3-13,21H,1-2H3,(H,20,22)/b11-8+. The van der Waals surface area contributed by atoms with E-state index >= 15 is 0 Å². The number of esters is 1. The zero-order valence-electron chi connectivity index (χ0n) is 13.5. The topological polar surface area (TPSA) is 75.6 Å². The number of hydrogen-bond donors (Lipinski definition) is 2. The summed E-state index contributed by atoms with van der Waals surface area (Å²) in [5.74, 6) is -0.583. The molecule has 0 aliphatic heterocycles. The normalized spacial score (nSPS) is 10.8. The zero-order valence-corrected chi connectivity index (χ0v) is 13.5. The Hall–Kier alpha value is -3.08. The van der Waals surface area contributed by atoms with E-state index in [1.807, 2.05) is 0 Å². The maximum Gasteiger partial charge on any atom is 0.338 e. The Morgan fingerprint density at radius 2 is 1.83 bits per heavy atom. The van der Waals surface area contributed by atoms with Crippen molar-refractivity contribution in [1.29, 1.82) is 0 Å². The summed E-state index contributed by atoms with van der Waals surface area (Å²) < 4.78 is 5.13. The van der Waals surface area contributed by atoms with Gasteiger partial charge in [-0.25, -0.2) is 4.79 Å². The Labute approximate surface area is 140 Å². The van der Waals surface area contributed by atoms with E-state index in [1.54, 1.807) is 68.5 Å². The van der Waals surface area contributed by atoms with Crippen LogP contribution < -0.4 is 5.32 Å². The summed E-state index contributed by atoms with van der Waals surface area (Å²) in [6.45, 7) is 3.55. The van der Waals surface area contributed by atoms with E-state index < -0.39 is 5.97 Å². The Balaban J connectivity index is 2.01. The van der Waals surface area contributed by atoms with Crippen LogP contribution in [-0.2, 0) is 9.53 Å². The van der Waals surface area contributed by atoms with Crippen LogP contribution in [0.1, 0.15) is 29.8 Å². The van der Waals surface area contributed by atoms with Crippen molar-refractivity contribution in [2.24, 2.45) is 0 Å². The molecule has 5 nitrogen and oxygen atoms in total. The van der Waals surface area contributed by atoms with Gasteiger partial charge in [-0.05, 0) is 55.8 Å². The van der Waals surface area contributed by atoms with Crippen LogP contribution in [0.5, 0.6) is 5.75 Å². The lowest BCUT2D eigenvalue weighted by Gasteiger charge is -2.09. The predicted molar refractivity (Wildman–Crippen MR) is 92.8 cm³/mol. The lowest BCUT2D eigenvalue weighted by atomic mass is 10.2. The first-order chi connectivity index (χ1) is 11.4. The summed E-state index contributed by atoms with van der Waals surface area (Å²) in [7, 11) is 0. The molecule has 2 N–H and O–H groups in total. The minimum Gasteiger partial charge on any atom is -0.508 e. The number of ether oxygens (including phenoxy) is 1. The van der Waals surface area contributed by atoms with E-state index in [9.17, 15) is 14.7 Å². The van der Waals surface area contributed by atoms with Crippen molar-refractivity contribution in [3.63, 3.8) is 0 Å². The lowest BCUT2D eigenvalue weighted by molar-refractivity contribution is -0.111. The van der Waals surface area contributed by atoms with Crippen LogP contribution in [0.3, 0.4) is 0 Å². The van der Waals surface area contributed by atoms with Crippen molar-refractivity contribution in [1.82, 2.24) is 0 Å². The number of amides is 1. The summed E-state index contributed by atoms with van der Waals surface area (Å²) >= 11 is 0. The number of phenolic OH excluding ortho intramolecular Hbond substituents is 1. The number of benzene rings is 2. The van der Waals surface area contributed by atoms with Gasteiger partial charge in [0, 0.05) is 11.8 Å². The molecule has 0 unspecified atom stereocenters. The summed E-state index contributed by atoms with van der Waals surface area (Å²) in [6.07, 6.45) is 2.81. The van der Waals surface area contributed by atoms with Gasteiger partial charge in [0.2, 0.25) is 5.91 Å². The van der Waals surface area contributed by atoms with Crippen LogP contribution >= 0.6 is 0 Å². The van der Waals surface area contributed by atoms with Crippen LogP contribution in [-0.4, -0.2) is 23.1 Å². The highest BCUT2D eigenvalue weighted by Crippen LogP contribution is 2.14. The number of carbonyl (C=O) groups is 2. The molecule has 124 valence electrons. The van der Waals surface area contributed by atoms with Crippen molar-refractivity contribution >= 4 is 23.6 Å². The number of hydrogen-bond acceptors (Lipinski definition) is 4. The number of nitrogens with one attached hydrogen (secondary N) is 1. The molecule has 2 aromatic rings. The average molecular weight is 325 g/mol. The Kier molecular flexibility index (Phi) is 5.73. The molecule has 1 amide bonds. The molecular formula is C19H19NO4. The first-order valence-electron chi connectivity index (χ1n) is 7.53. The van der Waals surface area contributed by atoms with E-state index in [2.05, 4.69) is 5.32 Å². The molecule has 0 fully saturated rings. The number of phenols is 1. The number of aromatic hydroxyl groups is 1. The van der Waals surface area contributed by atoms with Crippen LogP contribution in [0, 0.1) is 0 Å². The lowest BCUT2D eigenvalue weighted by Crippen LogP contribution is -2.13. The van der Waals surface area contributed by atoms with E-state index in [0.29, 0.717) is 11.3 Å². The van der Waals surface area contributed by atoms with Crippen LogP contribution in [0.15, 0.2) is 54.6 Å². The Bertz CT molecular complexity index is 748. The van der Waals surface area contributed by atoms with Gasteiger partial charge in [0.1, 0.15) is 5.75 Å². The van der Waals surface area contributed by atoms with Crippen LogP contribution in [0.2, 0.25) is 0 Å². The fourth-order valence-corrected chi connectivity index (χ4v) is 1.95. The molecular weight excluding hydrogens is 306 g/mol. The predicted octanol–water partition coefficient (Wildman–Crippen LogP) is 3.61. The molecule has 0 spiro atoms. The van der Waals surface area contributed by atoms with Gasteiger partial charge in [0.15, 0.2) is 0 Å². The van der Waals surface area contributed by atoms with Gasteiger partial charge in [-0.15, -0.1) is 0 Å². The van der Waals surface area contributed by atoms with E-state index in [0.717, 1.165) is 5.56 Å². The van der Waals surface area contributed by atoms with Gasteiger partial charge >= 0.3 is 5.97 Å². The van der Waals surface area contributed by atoms with Gasteiger partial charge in [0.05, 0.1) is 11.7 Å². The van der Waals surface area contributed by atoms with E-state index in [1.165, 1.54) is 6.08 Å². The molecule has 0 saturated heterocycles. The smallest absolute Gasteiger partial charge is 0.338 e. The maximum atomic E-state index is 11.9. The fraction of sp³-hybridized carbons (Fsp3) is 0.158. The molecule has 2 aromatic carbocycles. The summed E-state index contributed by atoms with van der Waals surface area (Å²) in [5, 5.41) is 11.9. The largest absolute Gasteiger partial charge is 0.508 e. The molecule has 0 aliphatic carbocycles. The van der Waals surface area contributed by atoms with Crippen molar-refractivity contribution in [3.05, 3.63) is 65.7 Å². The highest BCUT2D eigenvalue weighted by Gasteiger charge is 2.10. The van der Waals surface area contributed by atoms with E-state index in [-0.39, 0.29) is 17.8 Å². The van der Waals surface area contributed by atoms with Crippen LogP contribution in [0.25, 0.3) is 6.08 Å². The maximum absolute atomic E-state index is 11.9. The Morgan fingerprint density at radius 3 is 2.50 bits per heavy atom. The zero-order chi connectivity index (χ0) is 17.5. The van der Waals surface area contributed by atoms with Gasteiger partial charge in [-0.1, -0.05) is 18.2 Å². The van der Waals surface area contributed by atoms with E-state index in [4.69, 9.17) is 4.74 Å². The molecule has 0 saturated carbocycles. The fourth-order valence-electron chi connectivity index (χ4n) is 1.95. The van der Waals surface area contributed by atoms with Crippen molar-refractivity contribution < 1.29 is 19.4 Å². The van der Waals surface area contributed by atoms with Crippen molar-refractivity contribution in [2.75, 3.05) is 5.32 Å². The number of rotatable bonds is 5. The third-order valence-electron chi connectivity index (χ3n) is 3.03. The van der Waals surface area contributed by atoms with Gasteiger partial charge in [-0.3, -0.25) is 4.79 Å². The highest BCUT2D eigenvalue weighted by molar-refractivity contribution is 6.02. The van der Waals surface area contributed by atoms with Crippen molar-refractivity contribution in [3.8, 4) is 5.75 Å². The molecule has 0 atom stereocenters. The molecule has 0 radical (unpaired) electrons. The first kappa shape index (κ1) is 17.3. The summed E-state index contributed by atoms with van der Waals surface area (Å²) in [5.41, 5.74) is 1.68. The monoisotopic (exact) mass is 325 g/mol. The molecule has 24 heavy (non-hydrogen) atoms. The molecule has 0 heterocycles. The second-order valence-corrected chi connectivity index (χ2v) is 5.45. The third-order valence-corrected chi connectivity index (χ3v) is 3.03.